The van der Waals surface area contributed by atoms with Crippen LogP contribution < -0.4 is 10.1 Å². The fourth-order valence-electron chi connectivity index (χ4n) is 2.12. The number of ether oxygens (including phenoxy) is 1. The van der Waals surface area contributed by atoms with Gasteiger partial charge in [0, 0.05) is 36.5 Å². The molecule has 3 rings (SSSR count). The topological polar surface area (TPSA) is 90.1 Å². The highest BCUT2D eigenvalue weighted by Gasteiger charge is 2.10. The van der Waals surface area contributed by atoms with Crippen LogP contribution in [0.25, 0.3) is 11.4 Å². The summed E-state index contributed by atoms with van der Waals surface area (Å²) in [5, 5.41) is 6.76. The van der Waals surface area contributed by atoms with Crippen molar-refractivity contribution in [3.63, 3.8) is 0 Å². The van der Waals surface area contributed by atoms with Gasteiger partial charge >= 0.3 is 0 Å². The second-order valence-electron chi connectivity index (χ2n) is 4.99. The third kappa shape index (κ3) is 3.75. The zero-order valence-corrected chi connectivity index (χ0v) is 13.1. The maximum atomic E-state index is 11.9. The van der Waals surface area contributed by atoms with Crippen molar-refractivity contribution in [1.82, 2.24) is 20.4 Å². The molecule has 1 N–H and O–H groups in total. The molecule has 2 aromatic heterocycles. The minimum Gasteiger partial charge on any atom is -0.497 e. The zero-order chi connectivity index (χ0) is 16.8. The smallest absolute Gasteiger partial charge is 0.251 e. The molecule has 1 amide bonds. The summed E-state index contributed by atoms with van der Waals surface area (Å²) in [5.41, 5.74) is 1.37. The minimum absolute atomic E-state index is 0.162. The molecule has 2 heterocycles. The van der Waals surface area contributed by atoms with E-state index in [0.717, 1.165) is 11.3 Å². The van der Waals surface area contributed by atoms with E-state index >= 15 is 0 Å². The summed E-state index contributed by atoms with van der Waals surface area (Å²) in [7, 11) is 1.60. The Hall–Kier alpha value is -3.22. The SMILES string of the molecule is COc1cccc(-c2noc(CCNC(=O)c3ccncc3)n2)c1. The maximum absolute atomic E-state index is 11.9. The maximum Gasteiger partial charge on any atom is 0.251 e. The number of nitrogens with zero attached hydrogens (tertiary/aromatic N) is 3. The van der Waals surface area contributed by atoms with Gasteiger partial charge < -0.3 is 14.6 Å². The molecule has 0 radical (unpaired) electrons. The highest BCUT2D eigenvalue weighted by Crippen LogP contribution is 2.21. The highest BCUT2D eigenvalue weighted by molar-refractivity contribution is 5.93. The number of carbonyl (C=O) groups is 1. The summed E-state index contributed by atoms with van der Waals surface area (Å²) in [4.78, 5) is 20.1. The van der Waals surface area contributed by atoms with Crippen LogP contribution in [0.2, 0.25) is 0 Å². The van der Waals surface area contributed by atoms with Gasteiger partial charge in [0.05, 0.1) is 7.11 Å². The van der Waals surface area contributed by atoms with E-state index in [1.54, 1.807) is 31.6 Å². The van der Waals surface area contributed by atoms with E-state index in [1.165, 1.54) is 0 Å². The second-order valence-corrected chi connectivity index (χ2v) is 4.99. The Balaban J connectivity index is 1.57. The fraction of sp³-hybridized carbons (Fsp3) is 0.176. The molecule has 3 aromatic rings. The van der Waals surface area contributed by atoms with Gasteiger partial charge in [0.15, 0.2) is 0 Å². The molecule has 0 aliphatic carbocycles. The molecule has 1 aromatic carbocycles. The predicted molar refractivity (Wildman–Crippen MR) is 86.6 cm³/mol. The molecule has 0 bridgehead atoms. The van der Waals surface area contributed by atoms with E-state index in [9.17, 15) is 4.79 Å². The average Bonchev–Trinajstić information content (AvgIpc) is 3.11. The minimum atomic E-state index is -0.162. The summed E-state index contributed by atoms with van der Waals surface area (Å²) in [5.74, 6) is 1.51. The van der Waals surface area contributed by atoms with Gasteiger partial charge in [-0.1, -0.05) is 17.3 Å². The summed E-state index contributed by atoms with van der Waals surface area (Å²) in [6.45, 7) is 0.404. The average molecular weight is 324 g/mol. The van der Waals surface area contributed by atoms with Crippen molar-refractivity contribution in [1.29, 1.82) is 0 Å². The van der Waals surface area contributed by atoms with E-state index in [2.05, 4.69) is 20.4 Å². The van der Waals surface area contributed by atoms with Crippen LogP contribution in [0.3, 0.4) is 0 Å². The van der Waals surface area contributed by atoms with Crippen LogP contribution >= 0.6 is 0 Å². The van der Waals surface area contributed by atoms with Crippen LogP contribution in [0.4, 0.5) is 0 Å². The lowest BCUT2D eigenvalue weighted by molar-refractivity contribution is 0.0953. The van der Waals surface area contributed by atoms with E-state index in [1.807, 2.05) is 24.3 Å². The first kappa shape index (κ1) is 15.7. The highest BCUT2D eigenvalue weighted by atomic mass is 16.5. The molecule has 0 saturated carbocycles. The normalized spacial score (nSPS) is 10.4. The summed E-state index contributed by atoms with van der Waals surface area (Å²) in [6, 6.07) is 10.7. The Morgan fingerprint density at radius 1 is 1.25 bits per heavy atom. The lowest BCUT2D eigenvalue weighted by Gasteiger charge is -2.02. The van der Waals surface area contributed by atoms with Crippen LogP contribution in [0.1, 0.15) is 16.2 Å². The molecule has 122 valence electrons. The first-order valence-electron chi connectivity index (χ1n) is 7.41. The Morgan fingerprint density at radius 2 is 2.08 bits per heavy atom. The number of rotatable bonds is 6. The van der Waals surface area contributed by atoms with Crippen LogP contribution in [-0.2, 0) is 6.42 Å². The van der Waals surface area contributed by atoms with Crippen LogP contribution in [0, 0.1) is 0 Å². The van der Waals surface area contributed by atoms with Crippen molar-refractivity contribution in [2.45, 2.75) is 6.42 Å². The monoisotopic (exact) mass is 324 g/mol. The third-order valence-electron chi connectivity index (χ3n) is 3.36. The number of carbonyl (C=O) groups excluding carboxylic acids is 1. The number of aromatic nitrogens is 3. The Labute approximate surface area is 138 Å². The molecule has 0 atom stereocenters. The first-order valence-corrected chi connectivity index (χ1v) is 7.41. The van der Waals surface area contributed by atoms with Crippen LogP contribution in [-0.4, -0.2) is 34.7 Å². The van der Waals surface area contributed by atoms with Crippen molar-refractivity contribution in [3.05, 3.63) is 60.2 Å². The van der Waals surface area contributed by atoms with Gasteiger partial charge in [-0.25, -0.2) is 0 Å². The molecule has 0 saturated heterocycles. The summed E-state index contributed by atoms with van der Waals surface area (Å²) in [6.07, 6.45) is 3.61. The molecule has 7 nitrogen and oxygen atoms in total. The lowest BCUT2D eigenvalue weighted by Crippen LogP contribution is -2.25. The number of nitrogens with one attached hydrogen (secondary N) is 1. The lowest BCUT2D eigenvalue weighted by atomic mass is 10.2. The standard InChI is InChI=1S/C17H16N4O3/c1-23-14-4-2-3-13(11-14)16-20-15(24-21-16)7-10-19-17(22)12-5-8-18-9-6-12/h2-6,8-9,11H,7,10H2,1H3,(H,19,22). The van der Waals surface area contributed by atoms with E-state index in [4.69, 9.17) is 9.26 Å². The van der Waals surface area contributed by atoms with Gasteiger partial charge in [-0.05, 0) is 24.3 Å². The molecule has 0 spiro atoms. The molecule has 0 aliphatic rings. The van der Waals surface area contributed by atoms with E-state index in [-0.39, 0.29) is 5.91 Å². The molecule has 0 fully saturated rings. The van der Waals surface area contributed by atoms with Gasteiger partial charge in [0.1, 0.15) is 5.75 Å². The van der Waals surface area contributed by atoms with Crippen molar-refractivity contribution < 1.29 is 14.1 Å². The Kier molecular flexibility index (Phi) is 4.81. The van der Waals surface area contributed by atoms with Crippen molar-refractivity contribution in [2.24, 2.45) is 0 Å². The van der Waals surface area contributed by atoms with Gasteiger partial charge in [-0.2, -0.15) is 4.98 Å². The Morgan fingerprint density at radius 3 is 2.88 bits per heavy atom. The largest absolute Gasteiger partial charge is 0.497 e. The van der Waals surface area contributed by atoms with Crippen LogP contribution in [0.5, 0.6) is 5.75 Å². The third-order valence-corrected chi connectivity index (χ3v) is 3.36. The molecule has 0 aliphatic heterocycles. The van der Waals surface area contributed by atoms with Crippen molar-refractivity contribution >= 4 is 5.91 Å². The fourth-order valence-corrected chi connectivity index (χ4v) is 2.12. The number of methoxy groups -OCH3 is 1. The number of amides is 1. The van der Waals surface area contributed by atoms with Gasteiger partial charge in [0.2, 0.25) is 11.7 Å². The number of hydrogen-bond donors (Lipinski definition) is 1. The second kappa shape index (κ2) is 7.36. The summed E-state index contributed by atoms with van der Waals surface area (Å²) >= 11 is 0. The quantitative estimate of drug-likeness (QED) is 0.747. The number of pyridine rings is 1. The van der Waals surface area contributed by atoms with Crippen molar-refractivity contribution in [2.75, 3.05) is 13.7 Å². The molecule has 24 heavy (non-hydrogen) atoms. The molecule has 0 unspecified atom stereocenters. The molecular formula is C17H16N4O3. The van der Waals surface area contributed by atoms with Gasteiger partial charge in [-0.3, -0.25) is 9.78 Å². The first-order chi connectivity index (χ1) is 11.8. The van der Waals surface area contributed by atoms with Gasteiger partial charge in [0.25, 0.3) is 5.91 Å². The summed E-state index contributed by atoms with van der Waals surface area (Å²) < 4.78 is 10.4. The Bertz CT molecular complexity index is 817. The van der Waals surface area contributed by atoms with E-state index in [0.29, 0.717) is 30.2 Å². The van der Waals surface area contributed by atoms with E-state index < -0.39 is 0 Å². The molecule has 7 heteroatoms. The van der Waals surface area contributed by atoms with Gasteiger partial charge in [-0.15, -0.1) is 0 Å². The number of benzene rings is 1. The zero-order valence-electron chi connectivity index (χ0n) is 13.1. The predicted octanol–water partition coefficient (Wildman–Crippen LogP) is 2.11. The van der Waals surface area contributed by atoms with Crippen LogP contribution in [0.15, 0.2) is 53.3 Å². The molecular weight excluding hydrogens is 308 g/mol. The van der Waals surface area contributed by atoms with Crippen molar-refractivity contribution in [3.8, 4) is 17.1 Å². The number of hydrogen-bond acceptors (Lipinski definition) is 6.